The van der Waals surface area contributed by atoms with Crippen LogP contribution in [0.25, 0.3) is 0 Å². The Balaban J connectivity index is 1.47. The smallest absolute Gasteiger partial charge is 0.443 e. The second kappa shape index (κ2) is 6.00. The minimum Gasteiger partial charge on any atom is -0.458 e. The van der Waals surface area contributed by atoms with Crippen LogP contribution in [0.3, 0.4) is 0 Å². The van der Waals surface area contributed by atoms with Gasteiger partial charge < -0.3 is 4.74 Å². The number of ketones is 1. The Morgan fingerprint density at radius 3 is 2.14 bits per heavy atom. The number of ether oxygens (including phenoxy) is 1. The van der Waals surface area contributed by atoms with Crippen molar-refractivity contribution in [2.45, 2.75) is 60.8 Å². The molecule has 1 aromatic carbocycles. The third-order valence-electron chi connectivity index (χ3n) is 6.98. The van der Waals surface area contributed by atoms with Crippen LogP contribution in [0.1, 0.15) is 54.4 Å². The zero-order chi connectivity index (χ0) is 19.7. The summed E-state index contributed by atoms with van der Waals surface area (Å²) in [6.07, 6.45) is 5.28. The van der Waals surface area contributed by atoms with Crippen molar-refractivity contribution in [3.05, 3.63) is 35.4 Å². The first kappa shape index (κ1) is 18.5. The van der Waals surface area contributed by atoms with Crippen molar-refractivity contribution in [3.63, 3.8) is 0 Å². The van der Waals surface area contributed by atoms with Gasteiger partial charge in [-0.3, -0.25) is 9.59 Å². The molecule has 0 N–H and O–H groups in total. The van der Waals surface area contributed by atoms with Crippen molar-refractivity contribution >= 4 is 23.5 Å². The van der Waals surface area contributed by atoms with E-state index in [0.717, 1.165) is 38.5 Å². The molecule has 1 aromatic rings. The van der Waals surface area contributed by atoms with Crippen LogP contribution in [0.5, 0.6) is 0 Å². The number of benzene rings is 1. The zero-order valence-corrected chi connectivity index (χ0v) is 16.1. The molecule has 7 heteroatoms. The predicted molar refractivity (Wildman–Crippen MR) is 97.8 cm³/mol. The first-order valence-electron chi connectivity index (χ1n) is 9.81. The lowest BCUT2D eigenvalue weighted by Crippen LogP contribution is -2.56. The molecule has 1 atom stereocenters. The number of carbonyl (C=O) groups excluding carboxylic acids is 2. The van der Waals surface area contributed by atoms with Crippen molar-refractivity contribution in [2.75, 3.05) is 0 Å². The van der Waals surface area contributed by atoms with Crippen molar-refractivity contribution in [1.29, 1.82) is 0 Å². The number of carbonyl (C=O) groups is 2. The highest BCUT2D eigenvalue weighted by atomic mass is 32.2. The van der Waals surface area contributed by atoms with E-state index in [1.165, 1.54) is 6.07 Å². The van der Waals surface area contributed by atoms with E-state index >= 15 is 0 Å². The topological polar surface area (TPSA) is 43.4 Å². The molecule has 0 aromatic heterocycles. The molecule has 0 radical (unpaired) electrons. The van der Waals surface area contributed by atoms with Gasteiger partial charge in [0.05, 0.1) is 0 Å². The van der Waals surface area contributed by atoms with Gasteiger partial charge in [0, 0.05) is 12.0 Å². The van der Waals surface area contributed by atoms with Gasteiger partial charge in [-0.15, -0.1) is 0 Å². The fourth-order valence-electron chi connectivity index (χ4n) is 6.38. The number of esters is 1. The molecule has 28 heavy (non-hydrogen) atoms. The van der Waals surface area contributed by atoms with E-state index in [1.54, 1.807) is 18.2 Å². The summed E-state index contributed by atoms with van der Waals surface area (Å²) in [4.78, 5) is 26.2. The number of hydrogen-bond acceptors (Lipinski definition) is 4. The van der Waals surface area contributed by atoms with Crippen LogP contribution in [0.15, 0.2) is 24.3 Å². The fourth-order valence-corrected chi connectivity index (χ4v) is 7.33. The maximum absolute atomic E-state index is 13.4. The SMILES string of the molecule is O=C(OC12CC3CC(CC(C3)C1)C2)[C@@]1(SC(F)(F)F)Cc2ccccc2C1=O. The second-order valence-electron chi connectivity index (χ2n) is 9.03. The maximum Gasteiger partial charge on any atom is 0.443 e. The fraction of sp³-hybridized carbons (Fsp3) is 0.619. The van der Waals surface area contributed by atoms with Gasteiger partial charge in [0.1, 0.15) is 5.60 Å². The molecule has 3 nitrogen and oxygen atoms in total. The Kier molecular flexibility index (Phi) is 3.97. The molecule has 5 aliphatic carbocycles. The average Bonchev–Trinajstić information content (AvgIpc) is 2.85. The molecule has 0 heterocycles. The van der Waals surface area contributed by atoms with Gasteiger partial charge in [0.25, 0.3) is 0 Å². The van der Waals surface area contributed by atoms with Crippen molar-refractivity contribution in [2.24, 2.45) is 17.8 Å². The Morgan fingerprint density at radius 1 is 1.04 bits per heavy atom. The van der Waals surface area contributed by atoms with Gasteiger partial charge in [-0.1, -0.05) is 24.3 Å². The largest absolute Gasteiger partial charge is 0.458 e. The molecule has 0 amide bonds. The van der Waals surface area contributed by atoms with E-state index in [-0.39, 0.29) is 12.0 Å². The van der Waals surface area contributed by atoms with Crippen LogP contribution < -0.4 is 0 Å². The van der Waals surface area contributed by atoms with E-state index in [9.17, 15) is 22.8 Å². The van der Waals surface area contributed by atoms with Crippen LogP contribution in [0.2, 0.25) is 0 Å². The van der Waals surface area contributed by atoms with Gasteiger partial charge in [0.15, 0.2) is 10.5 Å². The summed E-state index contributed by atoms with van der Waals surface area (Å²) in [5, 5.41) is 0. The van der Waals surface area contributed by atoms with Crippen LogP contribution in [-0.4, -0.2) is 27.6 Å². The summed E-state index contributed by atoms with van der Waals surface area (Å²) < 4.78 is 43.9. The van der Waals surface area contributed by atoms with E-state index in [1.807, 2.05) is 0 Å². The monoisotopic (exact) mass is 410 g/mol. The molecular formula is C21H21F3O3S. The summed E-state index contributed by atoms with van der Waals surface area (Å²) in [5.41, 5.74) is -4.72. The van der Waals surface area contributed by atoms with Gasteiger partial charge >= 0.3 is 11.5 Å². The van der Waals surface area contributed by atoms with Crippen LogP contribution in [0, 0.1) is 17.8 Å². The van der Waals surface area contributed by atoms with E-state index in [0.29, 0.717) is 23.3 Å². The quantitative estimate of drug-likeness (QED) is 0.524. The number of halogens is 3. The Morgan fingerprint density at radius 2 is 1.61 bits per heavy atom. The number of thioether (sulfide) groups is 1. The van der Waals surface area contributed by atoms with Crippen LogP contribution in [0.4, 0.5) is 13.2 Å². The lowest BCUT2D eigenvalue weighted by atomic mass is 9.54. The first-order valence-corrected chi connectivity index (χ1v) is 10.6. The highest BCUT2D eigenvalue weighted by Crippen LogP contribution is 2.58. The van der Waals surface area contributed by atoms with Crippen LogP contribution in [-0.2, 0) is 16.0 Å². The lowest BCUT2D eigenvalue weighted by Gasteiger charge is -2.56. The Bertz CT molecular complexity index is 814. The number of fused-ring (bicyclic) bond motifs is 1. The van der Waals surface area contributed by atoms with Gasteiger partial charge in [-0.2, -0.15) is 13.2 Å². The average molecular weight is 410 g/mol. The molecule has 5 aliphatic rings. The maximum atomic E-state index is 13.4. The zero-order valence-electron chi connectivity index (χ0n) is 15.3. The van der Waals surface area contributed by atoms with Crippen molar-refractivity contribution in [1.82, 2.24) is 0 Å². The first-order chi connectivity index (χ1) is 13.2. The molecule has 6 rings (SSSR count). The highest BCUT2D eigenvalue weighted by molar-refractivity contribution is 8.03. The Hall–Kier alpha value is -1.50. The molecule has 4 bridgehead atoms. The Labute approximate surface area is 165 Å². The van der Waals surface area contributed by atoms with E-state index < -0.39 is 39.4 Å². The standard InChI is InChI=1S/C21H21F3O3S/c22-21(23,24)28-20(11-15-3-1-2-4-16(15)17(20)25)18(26)27-19-8-12-5-13(9-19)7-14(6-12)10-19/h1-4,12-14H,5-11H2/t12?,13?,14?,19?,20-/m1/s1. The van der Waals surface area contributed by atoms with Gasteiger partial charge in [-0.05, 0) is 73.6 Å². The molecule has 0 spiro atoms. The molecule has 150 valence electrons. The summed E-state index contributed by atoms with van der Waals surface area (Å²) in [7, 11) is 0. The summed E-state index contributed by atoms with van der Waals surface area (Å²) >= 11 is -0.511. The molecule has 4 fully saturated rings. The summed E-state index contributed by atoms with van der Waals surface area (Å²) in [5.74, 6) is -0.316. The van der Waals surface area contributed by atoms with Gasteiger partial charge in [-0.25, -0.2) is 0 Å². The van der Waals surface area contributed by atoms with E-state index in [2.05, 4.69) is 0 Å². The minimum absolute atomic E-state index is 0.196. The van der Waals surface area contributed by atoms with Crippen molar-refractivity contribution < 1.29 is 27.5 Å². The number of Topliss-reactive ketones (excluding diaryl/α,β-unsaturated/α-hetero) is 1. The molecule has 0 unspecified atom stereocenters. The molecular weight excluding hydrogens is 389 g/mol. The molecule has 0 aliphatic heterocycles. The summed E-state index contributed by atoms with van der Waals surface area (Å²) in [6, 6.07) is 6.39. The molecule has 4 saturated carbocycles. The van der Waals surface area contributed by atoms with Gasteiger partial charge in [0.2, 0.25) is 0 Å². The number of alkyl halides is 3. The third kappa shape index (κ3) is 2.88. The third-order valence-corrected chi connectivity index (χ3v) is 8.06. The number of rotatable bonds is 3. The predicted octanol–water partition coefficient (Wildman–Crippen LogP) is 4.93. The van der Waals surface area contributed by atoms with Crippen molar-refractivity contribution in [3.8, 4) is 0 Å². The molecule has 0 saturated heterocycles. The second-order valence-corrected chi connectivity index (χ2v) is 10.4. The van der Waals surface area contributed by atoms with E-state index in [4.69, 9.17) is 4.74 Å². The van der Waals surface area contributed by atoms with Crippen LogP contribution >= 0.6 is 11.8 Å². The normalized spacial score (nSPS) is 38.5. The number of hydrogen-bond donors (Lipinski definition) is 0. The summed E-state index contributed by atoms with van der Waals surface area (Å²) in [6.45, 7) is 0. The highest BCUT2D eigenvalue weighted by Gasteiger charge is 2.62. The minimum atomic E-state index is -4.71. The lowest BCUT2D eigenvalue weighted by molar-refractivity contribution is -0.188.